The van der Waals surface area contributed by atoms with Gasteiger partial charge in [0.15, 0.2) is 0 Å². The van der Waals surface area contributed by atoms with Crippen LogP contribution in [-0.4, -0.2) is 24.7 Å². The van der Waals surface area contributed by atoms with Gasteiger partial charge in [0.1, 0.15) is 0 Å². The Morgan fingerprint density at radius 3 is 2.52 bits per heavy atom. The predicted octanol–water partition coefficient (Wildman–Crippen LogP) is 4.16. The van der Waals surface area contributed by atoms with Crippen LogP contribution in [0.25, 0.3) is 10.8 Å². The Labute approximate surface area is 164 Å². The lowest BCUT2D eigenvalue weighted by Gasteiger charge is -2.13. The van der Waals surface area contributed by atoms with Crippen LogP contribution in [0.5, 0.6) is 0 Å². The lowest BCUT2D eigenvalue weighted by molar-refractivity contribution is -0.120. The van der Waals surface area contributed by atoms with E-state index in [0.717, 1.165) is 22.8 Å². The van der Waals surface area contributed by atoms with Crippen LogP contribution in [0.1, 0.15) is 18.1 Å². The molecule has 1 amide bonds. The van der Waals surface area contributed by atoms with Crippen molar-refractivity contribution in [1.29, 1.82) is 0 Å². The fourth-order valence-corrected chi connectivity index (χ4v) is 3.15. The quantitative estimate of drug-likeness (QED) is 0.478. The smallest absolute Gasteiger partial charge is 0.254 e. The summed E-state index contributed by atoms with van der Waals surface area (Å²) in [6, 6.07) is 22.0. The van der Waals surface area contributed by atoms with Crippen molar-refractivity contribution in [1.82, 2.24) is 10.7 Å². The molecule has 0 bridgehead atoms. The lowest BCUT2D eigenvalue weighted by atomic mass is 10.1. The SMILES string of the molecule is CC(Cc1ccccc1)NCC(=O)N/N=C/c1ccc(Cl)c2ccccc12. The zero-order valence-corrected chi connectivity index (χ0v) is 15.9. The first-order chi connectivity index (χ1) is 13.1. The van der Waals surface area contributed by atoms with Gasteiger partial charge in [-0.05, 0) is 30.4 Å². The normalized spacial score (nSPS) is 12.4. The van der Waals surface area contributed by atoms with E-state index in [1.54, 1.807) is 6.21 Å². The molecule has 5 heteroatoms. The van der Waals surface area contributed by atoms with Crippen LogP contribution in [0.4, 0.5) is 0 Å². The average molecular weight is 380 g/mol. The summed E-state index contributed by atoms with van der Waals surface area (Å²) in [6.45, 7) is 2.27. The standard InChI is InChI=1S/C22H22ClN3O/c1-16(13-17-7-3-2-4-8-17)24-15-22(27)26-25-14-18-11-12-21(23)20-10-6-5-9-19(18)20/h2-12,14,16,24H,13,15H2,1H3,(H,26,27)/b25-14+. The zero-order valence-electron chi connectivity index (χ0n) is 15.2. The van der Waals surface area contributed by atoms with E-state index in [9.17, 15) is 4.79 Å². The molecule has 138 valence electrons. The van der Waals surface area contributed by atoms with Crippen LogP contribution < -0.4 is 10.7 Å². The molecule has 3 aromatic carbocycles. The Morgan fingerprint density at radius 2 is 1.74 bits per heavy atom. The molecule has 0 spiro atoms. The minimum atomic E-state index is -0.176. The highest BCUT2D eigenvalue weighted by Crippen LogP contribution is 2.25. The van der Waals surface area contributed by atoms with Crippen LogP contribution in [0, 0.1) is 0 Å². The number of carbonyl (C=O) groups is 1. The molecule has 0 saturated carbocycles. The number of amides is 1. The zero-order chi connectivity index (χ0) is 19.1. The number of hydrazone groups is 1. The molecule has 0 radical (unpaired) electrons. The minimum absolute atomic E-state index is 0.176. The highest BCUT2D eigenvalue weighted by atomic mass is 35.5. The topological polar surface area (TPSA) is 53.5 Å². The first-order valence-electron chi connectivity index (χ1n) is 8.90. The van der Waals surface area contributed by atoms with E-state index in [-0.39, 0.29) is 18.5 Å². The summed E-state index contributed by atoms with van der Waals surface area (Å²) in [4.78, 5) is 12.0. The largest absolute Gasteiger partial charge is 0.306 e. The van der Waals surface area contributed by atoms with Crippen LogP contribution in [0.3, 0.4) is 0 Å². The molecule has 0 heterocycles. The Morgan fingerprint density at radius 1 is 1.04 bits per heavy atom. The van der Waals surface area contributed by atoms with Gasteiger partial charge in [-0.15, -0.1) is 0 Å². The summed E-state index contributed by atoms with van der Waals surface area (Å²) < 4.78 is 0. The number of rotatable bonds is 7. The third-order valence-electron chi connectivity index (χ3n) is 4.29. The summed E-state index contributed by atoms with van der Waals surface area (Å²) in [5, 5.41) is 9.95. The highest BCUT2D eigenvalue weighted by Gasteiger charge is 2.06. The van der Waals surface area contributed by atoms with E-state index >= 15 is 0 Å². The van der Waals surface area contributed by atoms with Crippen molar-refractivity contribution in [2.45, 2.75) is 19.4 Å². The summed E-state index contributed by atoms with van der Waals surface area (Å²) in [5.41, 5.74) is 4.71. The van der Waals surface area contributed by atoms with Crippen molar-refractivity contribution < 1.29 is 4.79 Å². The molecule has 0 saturated heterocycles. The molecular formula is C22H22ClN3O. The van der Waals surface area contributed by atoms with Gasteiger partial charge < -0.3 is 5.32 Å². The molecule has 0 fully saturated rings. The molecule has 2 N–H and O–H groups in total. The minimum Gasteiger partial charge on any atom is -0.306 e. The maximum Gasteiger partial charge on any atom is 0.254 e. The number of carbonyl (C=O) groups excluding carboxylic acids is 1. The third-order valence-corrected chi connectivity index (χ3v) is 4.62. The van der Waals surface area contributed by atoms with E-state index in [4.69, 9.17) is 11.6 Å². The maximum absolute atomic E-state index is 12.0. The van der Waals surface area contributed by atoms with Crippen LogP contribution in [-0.2, 0) is 11.2 Å². The Kier molecular flexibility index (Phi) is 6.58. The molecule has 0 aromatic heterocycles. The van der Waals surface area contributed by atoms with Gasteiger partial charge in [0.25, 0.3) is 5.91 Å². The molecule has 1 atom stereocenters. The van der Waals surface area contributed by atoms with E-state index in [1.807, 2.05) is 54.6 Å². The van der Waals surface area contributed by atoms with E-state index in [2.05, 4.69) is 34.9 Å². The second kappa shape index (κ2) is 9.31. The number of benzene rings is 3. The predicted molar refractivity (Wildman–Crippen MR) is 112 cm³/mol. The molecule has 1 unspecified atom stereocenters. The fourth-order valence-electron chi connectivity index (χ4n) is 2.92. The molecule has 0 aliphatic heterocycles. The van der Waals surface area contributed by atoms with Gasteiger partial charge >= 0.3 is 0 Å². The van der Waals surface area contributed by atoms with Gasteiger partial charge in [0, 0.05) is 22.0 Å². The Bertz CT molecular complexity index is 941. The van der Waals surface area contributed by atoms with Crippen LogP contribution in [0.15, 0.2) is 71.8 Å². The number of halogens is 1. The van der Waals surface area contributed by atoms with Gasteiger partial charge in [0.2, 0.25) is 0 Å². The summed E-state index contributed by atoms with van der Waals surface area (Å²) >= 11 is 6.22. The number of hydrogen-bond donors (Lipinski definition) is 2. The van der Waals surface area contributed by atoms with Gasteiger partial charge in [0.05, 0.1) is 12.8 Å². The summed E-state index contributed by atoms with van der Waals surface area (Å²) in [5.74, 6) is -0.176. The number of nitrogens with zero attached hydrogens (tertiary/aromatic N) is 1. The molecular weight excluding hydrogens is 358 g/mol. The third kappa shape index (κ3) is 5.39. The lowest BCUT2D eigenvalue weighted by Crippen LogP contribution is -2.37. The molecule has 3 rings (SSSR count). The van der Waals surface area contributed by atoms with Crippen molar-refractivity contribution in [3.63, 3.8) is 0 Å². The molecule has 27 heavy (non-hydrogen) atoms. The molecule has 3 aromatic rings. The Hall–Kier alpha value is -2.69. The average Bonchev–Trinajstić information content (AvgIpc) is 2.69. The Balaban J connectivity index is 1.51. The van der Waals surface area contributed by atoms with Gasteiger partial charge in [-0.2, -0.15) is 5.10 Å². The molecule has 0 aliphatic carbocycles. The van der Waals surface area contributed by atoms with Crippen molar-refractivity contribution in [3.8, 4) is 0 Å². The molecule has 0 aliphatic rings. The van der Waals surface area contributed by atoms with Crippen molar-refractivity contribution in [2.24, 2.45) is 5.10 Å². The summed E-state index contributed by atoms with van der Waals surface area (Å²) in [7, 11) is 0. The maximum atomic E-state index is 12.0. The summed E-state index contributed by atoms with van der Waals surface area (Å²) in [6.07, 6.45) is 2.51. The first kappa shape index (κ1) is 19.1. The second-order valence-corrected chi connectivity index (χ2v) is 6.85. The number of hydrogen-bond acceptors (Lipinski definition) is 3. The van der Waals surface area contributed by atoms with Gasteiger partial charge in [-0.1, -0.05) is 72.3 Å². The number of nitrogens with one attached hydrogen (secondary N) is 2. The van der Waals surface area contributed by atoms with Crippen LogP contribution >= 0.6 is 11.6 Å². The van der Waals surface area contributed by atoms with Crippen molar-refractivity contribution in [3.05, 3.63) is 82.9 Å². The fraction of sp³-hybridized carbons (Fsp3) is 0.182. The highest BCUT2D eigenvalue weighted by molar-refractivity contribution is 6.36. The van der Waals surface area contributed by atoms with E-state index in [1.165, 1.54) is 5.56 Å². The first-order valence-corrected chi connectivity index (χ1v) is 9.28. The second-order valence-electron chi connectivity index (χ2n) is 6.45. The van der Waals surface area contributed by atoms with Crippen LogP contribution in [0.2, 0.25) is 5.02 Å². The van der Waals surface area contributed by atoms with Gasteiger partial charge in [-0.25, -0.2) is 5.43 Å². The molecule has 4 nitrogen and oxygen atoms in total. The van der Waals surface area contributed by atoms with Crippen molar-refractivity contribution in [2.75, 3.05) is 6.54 Å². The van der Waals surface area contributed by atoms with Crippen molar-refractivity contribution >= 4 is 34.5 Å². The van der Waals surface area contributed by atoms with E-state index < -0.39 is 0 Å². The monoisotopic (exact) mass is 379 g/mol. The number of fused-ring (bicyclic) bond motifs is 1. The van der Waals surface area contributed by atoms with Gasteiger partial charge in [-0.3, -0.25) is 4.79 Å². The van der Waals surface area contributed by atoms with E-state index in [0.29, 0.717) is 5.02 Å².